The molecule has 3 aromatic rings. The molecule has 0 aliphatic carbocycles. The Labute approximate surface area is 177 Å². The van der Waals surface area contributed by atoms with Crippen molar-refractivity contribution in [3.05, 3.63) is 64.5 Å². The molecule has 0 bridgehead atoms. The molecule has 9 heteroatoms. The smallest absolute Gasteiger partial charge is 0.248 e. The van der Waals surface area contributed by atoms with Crippen molar-refractivity contribution in [3.8, 4) is 11.1 Å². The Bertz CT molecular complexity index is 1230. The van der Waals surface area contributed by atoms with Crippen LogP contribution in [0.4, 0.5) is 0 Å². The van der Waals surface area contributed by atoms with Gasteiger partial charge >= 0.3 is 0 Å². The summed E-state index contributed by atoms with van der Waals surface area (Å²) in [6, 6.07) is 13.2. The first kappa shape index (κ1) is 21.1. The quantitative estimate of drug-likeness (QED) is 0.303. The highest BCUT2D eigenvalue weighted by atomic mass is 32.2. The van der Waals surface area contributed by atoms with Crippen LogP contribution in [0.5, 0.6) is 0 Å². The normalized spacial score (nSPS) is 11.4. The van der Waals surface area contributed by atoms with E-state index < -0.39 is 15.7 Å². The molecule has 0 saturated carbocycles. The molecule has 5 N–H and O–H groups in total. The van der Waals surface area contributed by atoms with Crippen molar-refractivity contribution in [1.82, 2.24) is 0 Å². The highest BCUT2D eigenvalue weighted by molar-refractivity contribution is 8.01. The summed E-state index contributed by atoms with van der Waals surface area (Å²) in [4.78, 5) is 12.1. The van der Waals surface area contributed by atoms with Gasteiger partial charge in [-0.3, -0.25) is 10.2 Å². The van der Waals surface area contributed by atoms with Gasteiger partial charge in [0.1, 0.15) is 5.84 Å². The first-order valence-electron chi connectivity index (χ1n) is 8.43. The van der Waals surface area contributed by atoms with Crippen molar-refractivity contribution in [2.75, 3.05) is 6.26 Å². The van der Waals surface area contributed by atoms with Crippen molar-refractivity contribution in [2.45, 2.75) is 20.9 Å². The lowest BCUT2D eigenvalue weighted by atomic mass is 9.98. The van der Waals surface area contributed by atoms with Gasteiger partial charge in [-0.1, -0.05) is 18.2 Å². The standard InChI is InChI=1S/C20H19N3O3S3/c1-11-8-13(19(23)24)6-7-15(11)12-4-3-5-14(9-12)29(25,26)17-10-16(18(21)22)28-20(17)27-2/h3-10H,1-2H3,(H3,21,22)(H2,23,24). The number of benzene rings is 2. The Morgan fingerprint density at radius 1 is 1.10 bits per heavy atom. The Kier molecular flexibility index (Phi) is 5.83. The van der Waals surface area contributed by atoms with Crippen LogP contribution in [0.15, 0.2) is 62.5 Å². The fourth-order valence-corrected chi connectivity index (χ4v) is 6.82. The number of rotatable bonds is 6. The molecule has 0 atom stereocenters. The van der Waals surface area contributed by atoms with E-state index in [0.29, 0.717) is 20.2 Å². The zero-order valence-corrected chi connectivity index (χ0v) is 18.2. The molecule has 1 aromatic heterocycles. The fraction of sp³-hybridized carbons (Fsp3) is 0.100. The van der Waals surface area contributed by atoms with E-state index in [2.05, 4.69) is 0 Å². The third kappa shape index (κ3) is 4.07. The number of amides is 1. The zero-order chi connectivity index (χ0) is 21.3. The van der Waals surface area contributed by atoms with Crippen LogP contribution >= 0.6 is 23.1 Å². The molecule has 1 heterocycles. The van der Waals surface area contributed by atoms with Crippen molar-refractivity contribution in [1.29, 1.82) is 5.41 Å². The predicted octanol–water partition coefficient (Wildman–Crippen LogP) is 3.66. The topological polar surface area (TPSA) is 127 Å². The van der Waals surface area contributed by atoms with Crippen LogP contribution in [-0.2, 0) is 9.84 Å². The molecule has 29 heavy (non-hydrogen) atoms. The van der Waals surface area contributed by atoms with E-state index in [9.17, 15) is 13.2 Å². The van der Waals surface area contributed by atoms with Gasteiger partial charge in [0.15, 0.2) is 0 Å². The van der Waals surface area contributed by atoms with E-state index in [4.69, 9.17) is 16.9 Å². The number of hydrogen-bond acceptors (Lipinski definition) is 6. The monoisotopic (exact) mass is 445 g/mol. The number of thiophene rings is 1. The van der Waals surface area contributed by atoms with E-state index in [1.807, 2.05) is 13.0 Å². The van der Waals surface area contributed by atoms with E-state index in [-0.39, 0.29) is 15.6 Å². The molecule has 0 aliphatic rings. The number of carbonyl (C=O) groups excluding carboxylic acids is 1. The molecule has 0 unspecified atom stereocenters. The highest BCUT2D eigenvalue weighted by Crippen LogP contribution is 2.37. The molecular formula is C20H19N3O3S3. The van der Waals surface area contributed by atoms with E-state index >= 15 is 0 Å². The number of aryl methyl sites for hydroxylation is 1. The summed E-state index contributed by atoms with van der Waals surface area (Å²) in [5.41, 5.74) is 13.6. The van der Waals surface area contributed by atoms with Crippen molar-refractivity contribution >= 4 is 44.7 Å². The molecule has 0 aliphatic heterocycles. The maximum Gasteiger partial charge on any atom is 0.248 e. The number of nitrogen functional groups attached to an aromatic ring is 1. The molecular weight excluding hydrogens is 426 g/mol. The number of primary amides is 1. The zero-order valence-electron chi connectivity index (χ0n) is 15.7. The van der Waals surface area contributed by atoms with Crippen LogP contribution in [0.1, 0.15) is 20.8 Å². The molecule has 3 rings (SSSR count). The first-order chi connectivity index (χ1) is 13.6. The number of amidine groups is 1. The molecule has 6 nitrogen and oxygen atoms in total. The van der Waals surface area contributed by atoms with Crippen LogP contribution in [0.25, 0.3) is 11.1 Å². The summed E-state index contributed by atoms with van der Waals surface area (Å²) < 4.78 is 27.2. The number of thioether (sulfide) groups is 1. The molecule has 0 fully saturated rings. The van der Waals surface area contributed by atoms with Crippen LogP contribution in [0.2, 0.25) is 0 Å². The maximum atomic E-state index is 13.3. The Morgan fingerprint density at radius 3 is 2.41 bits per heavy atom. The fourth-order valence-electron chi connectivity index (χ4n) is 2.92. The predicted molar refractivity (Wildman–Crippen MR) is 118 cm³/mol. The second kappa shape index (κ2) is 8.02. The molecule has 2 aromatic carbocycles. The van der Waals surface area contributed by atoms with Gasteiger partial charge in [0.05, 0.1) is 18.9 Å². The summed E-state index contributed by atoms with van der Waals surface area (Å²) in [5, 5.41) is 7.60. The minimum absolute atomic E-state index is 0.150. The summed E-state index contributed by atoms with van der Waals surface area (Å²) >= 11 is 2.49. The lowest BCUT2D eigenvalue weighted by Gasteiger charge is -2.10. The van der Waals surface area contributed by atoms with Crippen molar-refractivity contribution in [2.24, 2.45) is 11.5 Å². The summed E-state index contributed by atoms with van der Waals surface area (Å²) in [6.45, 7) is 1.84. The SMILES string of the molecule is CSc1sc(C(=N)N)cc1S(=O)(=O)c1cccc(-c2ccc(C(N)=O)cc2C)c1. The van der Waals surface area contributed by atoms with Crippen LogP contribution in [0.3, 0.4) is 0 Å². The largest absolute Gasteiger partial charge is 0.383 e. The lowest BCUT2D eigenvalue weighted by molar-refractivity contribution is 0.1000. The molecule has 0 saturated heterocycles. The Balaban J connectivity index is 2.10. The van der Waals surface area contributed by atoms with E-state index in [1.54, 1.807) is 42.7 Å². The first-order valence-corrected chi connectivity index (χ1v) is 12.0. The van der Waals surface area contributed by atoms with Crippen LogP contribution in [-0.4, -0.2) is 26.4 Å². The van der Waals surface area contributed by atoms with Gasteiger partial charge in [-0.15, -0.1) is 23.1 Å². The van der Waals surface area contributed by atoms with Gasteiger partial charge < -0.3 is 11.5 Å². The van der Waals surface area contributed by atoms with Crippen molar-refractivity contribution < 1.29 is 13.2 Å². The lowest BCUT2D eigenvalue weighted by Crippen LogP contribution is -2.11. The molecule has 150 valence electrons. The minimum atomic E-state index is -3.80. The number of carbonyl (C=O) groups is 1. The average Bonchev–Trinajstić information content (AvgIpc) is 3.13. The minimum Gasteiger partial charge on any atom is -0.383 e. The van der Waals surface area contributed by atoms with Gasteiger partial charge in [-0.05, 0) is 60.2 Å². The number of nitrogens with two attached hydrogens (primary N) is 2. The molecule has 1 amide bonds. The van der Waals surface area contributed by atoms with Gasteiger partial charge in [0.25, 0.3) is 0 Å². The number of sulfone groups is 1. The van der Waals surface area contributed by atoms with Gasteiger partial charge in [-0.2, -0.15) is 0 Å². The number of hydrogen-bond donors (Lipinski definition) is 3. The molecule has 0 spiro atoms. The Hall–Kier alpha value is -2.62. The van der Waals surface area contributed by atoms with Crippen LogP contribution < -0.4 is 11.5 Å². The van der Waals surface area contributed by atoms with Gasteiger partial charge in [0.2, 0.25) is 15.7 Å². The second-order valence-corrected chi connectivity index (χ2v) is 10.4. The maximum absolute atomic E-state index is 13.3. The summed E-state index contributed by atoms with van der Waals surface area (Å²) in [7, 11) is -3.80. The average molecular weight is 446 g/mol. The van der Waals surface area contributed by atoms with Crippen LogP contribution in [0, 0.1) is 12.3 Å². The van der Waals surface area contributed by atoms with Crippen molar-refractivity contribution in [3.63, 3.8) is 0 Å². The Morgan fingerprint density at radius 2 is 1.83 bits per heavy atom. The van der Waals surface area contributed by atoms with E-state index in [1.165, 1.54) is 29.2 Å². The number of nitrogens with one attached hydrogen (secondary N) is 1. The second-order valence-electron chi connectivity index (χ2n) is 6.31. The summed E-state index contributed by atoms with van der Waals surface area (Å²) in [6.07, 6.45) is 1.79. The summed E-state index contributed by atoms with van der Waals surface area (Å²) in [5.74, 6) is -0.676. The van der Waals surface area contributed by atoms with Gasteiger partial charge in [-0.25, -0.2) is 8.42 Å². The third-order valence-electron chi connectivity index (χ3n) is 4.37. The molecule has 0 radical (unpaired) electrons. The van der Waals surface area contributed by atoms with Gasteiger partial charge in [0, 0.05) is 5.56 Å². The highest BCUT2D eigenvalue weighted by Gasteiger charge is 2.25. The third-order valence-corrected chi connectivity index (χ3v) is 8.71. The van der Waals surface area contributed by atoms with E-state index in [0.717, 1.165) is 11.1 Å².